The van der Waals surface area contributed by atoms with Crippen LogP contribution in [0.2, 0.25) is 0 Å². The molecule has 0 aliphatic heterocycles. The van der Waals surface area contributed by atoms with Gasteiger partial charge in [-0.3, -0.25) is 0 Å². The van der Waals surface area contributed by atoms with Crippen LogP contribution in [0.1, 0.15) is 22.6 Å². The zero-order valence-corrected chi connectivity index (χ0v) is 17.4. The fraction of sp³-hybridized carbons (Fsp3) is 0.308. The minimum absolute atomic E-state index is 0.163. The van der Waals surface area contributed by atoms with Crippen molar-refractivity contribution in [2.75, 3.05) is 33.9 Å². The van der Waals surface area contributed by atoms with E-state index >= 15 is 0 Å². The Hall–Kier alpha value is -2.46. The molecule has 3 aromatic carbocycles. The van der Waals surface area contributed by atoms with Crippen LogP contribution < -0.4 is 0 Å². The molecule has 0 aliphatic carbocycles. The van der Waals surface area contributed by atoms with Gasteiger partial charge in [-0.2, -0.15) is 0 Å². The number of hydrogen-bond donors (Lipinski definition) is 1. The van der Waals surface area contributed by atoms with E-state index in [4.69, 9.17) is 4.74 Å². The van der Waals surface area contributed by atoms with E-state index in [1.165, 1.54) is 16.7 Å². The lowest BCUT2D eigenvalue weighted by Gasteiger charge is -2.32. The minimum atomic E-state index is -0.499. The monoisotopic (exact) mass is 390 g/mol. The van der Waals surface area contributed by atoms with Crippen LogP contribution in [0.25, 0.3) is 0 Å². The fourth-order valence-corrected chi connectivity index (χ4v) is 3.84. The summed E-state index contributed by atoms with van der Waals surface area (Å²) < 4.78 is 6.72. The Morgan fingerprint density at radius 3 is 1.72 bits per heavy atom. The third-order valence-electron chi connectivity index (χ3n) is 5.16. The number of nitrogens with zero attached hydrogens (tertiary/aromatic N) is 1. The van der Waals surface area contributed by atoms with Gasteiger partial charge in [0.1, 0.15) is 19.2 Å². The molecule has 0 bridgehead atoms. The smallest absolute Gasteiger partial charge is 0.126 e. The van der Waals surface area contributed by atoms with Crippen molar-refractivity contribution in [3.8, 4) is 0 Å². The first kappa shape index (κ1) is 21.3. The number of quaternary nitrogens is 1. The maximum absolute atomic E-state index is 10.6. The summed E-state index contributed by atoms with van der Waals surface area (Å²) in [6.45, 7) is 2.43. The van der Waals surface area contributed by atoms with Gasteiger partial charge in [-0.05, 0) is 11.1 Å². The molecule has 0 saturated heterocycles. The van der Waals surface area contributed by atoms with E-state index in [9.17, 15) is 5.11 Å². The summed E-state index contributed by atoms with van der Waals surface area (Å²) in [5, 5.41) is 10.6. The molecule has 0 saturated carbocycles. The molecule has 0 heterocycles. The third kappa shape index (κ3) is 6.82. The second-order valence-corrected chi connectivity index (χ2v) is 8.33. The van der Waals surface area contributed by atoms with Crippen molar-refractivity contribution in [2.45, 2.75) is 18.6 Å². The number of rotatable bonds is 10. The Morgan fingerprint density at radius 2 is 1.21 bits per heavy atom. The quantitative estimate of drug-likeness (QED) is 0.518. The second-order valence-electron chi connectivity index (χ2n) is 8.33. The third-order valence-corrected chi connectivity index (χ3v) is 5.16. The summed E-state index contributed by atoms with van der Waals surface area (Å²) in [7, 11) is 4.29. The number of aliphatic hydroxyl groups excluding tert-OH is 1. The average molecular weight is 391 g/mol. The van der Waals surface area contributed by atoms with Crippen LogP contribution in [0.4, 0.5) is 0 Å². The van der Waals surface area contributed by atoms with E-state index in [1.54, 1.807) is 0 Å². The highest BCUT2D eigenvalue weighted by Crippen LogP contribution is 2.25. The summed E-state index contributed by atoms with van der Waals surface area (Å²) in [5.41, 5.74) is 3.74. The zero-order chi connectivity index (χ0) is 20.5. The minimum Gasteiger partial charge on any atom is -0.385 e. The molecule has 1 N–H and O–H groups in total. The molecule has 3 aromatic rings. The van der Waals surface area contributed by atoms with Gasteiger partial charge in [-0.15, -0.1) is 0 Å². The van der Waals surface area contributed by atoms with E-state index < -0.39 is 6.10 Å². The molecule has 1 atom stereocenters. The van der Waals surface area contributed by atoms with Gasteiger partial charge >= 0.3 is 0 Å². The Labute approximate surface area is 174 Å². The van der Waals surface area contributed by atoms with Gasteiger partial charge in [0, 0.05) is 11.5 Å². The van der Waals surface area contributed by atoms with Gasteiger partial charge in [0.25, 0.3) is 0 Å². The number of benzene rings is 3. The maximum Gasteiger partial charge on any atom is 0.126 e. The number of ether oxygens (including phenoxy) is 1. The highest BCUT2D eigenvalue weighted by molar-refractivity contribution is 5.32. The Morgan fingerprint density at radius 1 is 0.724 bits per heavy atom. The summed E-state index contributed by atoms with van der Waals surface area (Å²) in [6.07, 6.45) is -0.499. The largest absolute Gasteiger partial charge is 0.385 e. The van der Waals surface area contributed by atoms with E-state index in [0.29, 0.717) is 19.8 Å². The van der Waals surface area contributed by atoms with Gasteiger partial charge in [0.15, 0.2) is 0 Å². The number of hydrogen-bond acceptors (Lipinski definition) is 2. The molecule has 152 valence electrons. The predicted molar refractivity (Wildman–Crippen MR) is 119 cm³/mol. The molecule has 3 heteroatoms. The van der Waals surface area contributed by atoms with Crippen molar-refractivity contribution in [2.24, 2.45) is 0 Å². The molecule has 3 rings (SSSR count). The second kappa shape index (κ2) is 10.4. The van der Waals surface area contributed by atoms with Crippen LogP contribution in [0, 0.1) is 0 Å². The molecule has 0 radical (unpaired) electrons. The van der Waals surface area contributed by atoms with E-state index in [1.807, 2.05) is 18.2 Å². The van der Waals surface area contributed by atoms with Crippen LogP contribution in [0.3, 0.4) is 0 Å². The topological polar surface area (TPSA) is 29.5 Å². The molecule has 0 unspecified atom stereocenters. The van der Waals surface area contributed by atoms with Crippen LogP contribution in [-0.2, 0) is 11.3 Å². The lowest BCUT2D eigenvalue weighted by Crippen LogP contribution is -2.46. The van der Waals surface area contributed by atoms with Gasteiger partial charge in [0.05, 0.1) is 27.3 Å². The highest BCUT2D eigenvalue weighted by atomic mass is 16.5. The van der Waals surface area contributed by atoms with E-state index in [0.717, 1.165) is 11.0 Å². The van der Waals surface area contributed by atoms with Crippen LogP contribution in [0.5, 0.6) is 0 Å². The van der Waals surface area contributed by atoms with Crippen molar-refractivity contribution in [1.82, 2.24) is 0 Å². The van der Waals surface area contributed by atoms with Crippen molar-refractivity contribution in [3.63, 3.8) is 0 Å². The standard InChI is InChI=1S/C26H32NO2/c1-27(2,18-22-12-6-3-7-13-22)19-25(28)20-29-21-26(23-14-8-4-9-15-23)24-16-10-5-11-17-24/h3-17,25-26,28H,18-21H2,1-2H3/q+1/t25-/m0/s1. The van der Waals surface area contributed by atoms with Crippen LogP contribution in [0.15, 0.2) is 91.0 Å². The van der Waals surface area contributed by atoms with Crippen molar-refractivity contribution >= 4 is 0 Å². The highest BCUT2D eigenvalue weighted by Gasteiger charge is 2.22. The van der Waals surface area contributed by atoms with Crippen LogP contribution in [-0.4, -0.2) is 49.5 Å². The van der Waals surface area contributed by atoms with Gasteiger partial charge in [-0.25, -0.2) is 0 Å². The summed E-state index contributed by atoms with van der Waals surface area (Å²) >= 11 is 0. The van der Waals surface area contributed by atoms with E-state index in [2.05, 4.69) is 86.9 Å². The SMILES string of the molecule is C[N+](C)(Cc1ccccc1)C[C@H](O)COCC(c1ccccc1)c1ccccc1. The maximum atomic E-state index is 10.6. The molecule has 29 heavy (non-hydrogen) atoms. The molecule has 3 nitrogen and oxygen atoms in total. The molecule has 0 amide bonds. The van der Waals surface area contributed by atoms with Crippen LogP contribution >= 0.6 is 0 Å². The molecule has 0 fully saturated rings. The van der Waals surface area contributed by atoms with Crippen molar-refractivity contribution in [3.05, 3.63) is 108 Å². The van der Waals surface area contributed by atoms with Gasteiger partial charge in [-0.1, -0.05) is 91.0 Å². The van der Waals surface area contributed by atoms with E-state index in [-0.39, 0.29) is 5.92 Å². The average Bonchev–Trinajstić information content (AvgIpc) is 2.72. The molecule has 0 aromatic heterocycles. The fourth-order valence-electron chi connectivity index (χ4n) is 3.84. The Bertz CT molecular complexity index is 795. The summed E-state index contributed by atoms with van der Waals surface area (Å²) in [5.74, 6) is 0.163. The van der Waals surface area contributed by atoms with Crippen molar-refractivity contribution < 1.29 is 14.3 Å². The first-order valence-corrected chi connectivity index (χ1v) is 10.3. The molecular formula is C26H32NO2+. The molecule has 0 spiro atoms. The normalized spacial score (nSPS) is 12.8. The molecular weight excluding hydrogens is 358 g/mol. The Balaban J connectivity index is 1.55. The van der Waals surface area contributed by atoms with Crippen molar-refractivity contribution in [1.29, 1.82) is 0 Å². The van der Waals surface area contributed by atoms with Gasteiger partial charge in [0.2, 0.25) is 0 Å². The lowest BCUT2D eigenvalue weighted by atomic mass is 9.92. The lowest BCUT2D eigenvalue weighted by molar-refractivity contribution is -0.906. The number of likely N-dealkylation sites (N-methyl/N-ethyl adjacent to an activating group) is 1. The summed E-state index contributed by atoms with van der Waals surface area (Å²) in [4.78, 5) is 0. The predicted octanol–water partition coefficient (Wildman–Crippen LogP) is 4.47. The Kier molecular flexibility index (Phi) is 7.59. The summed E-state index contributed by atoms with van der Waals surface area (Å²) in [6, 6.07) is 31.3. The zero-order valence-electron chi connectivity index (χ0n) is 17.4. The molecule has 0 aliphatic rings. The first-order valence-electron chi connectivity index (χ1n) is 10.3. The van der Waals surface area contributed by atoms with Gasteiger partial charge < -0.3 is 14.3 Å². The number of aliphatic hydroxyl groups is 1. The first-order chi connectivity index (χ1) is 14.0.